The predicted octanol–water partition coefficient (Wildman–Crippen LogP) is 2.37. The molecule has 1 unspecified atom stereocenters. The molecule has 0 bridgehead atoms. The zero-order valence-electron chi connectivity index (χ0n) is 13.7. The van der Waals surface area contributed by atoms with E-state index in [2.05, 4.69) is 27.6 Å². The highest BCUT2D eigenvalue weighted by Crippen LogP contribution is 2.25. The van der Waals surface area contributed by atoms with E-state index >= 15 is 0 Å². The third-order valence-corrected chi connectivity index (χ3v) is 4.59. The van der Waals surface area contributed by atoms with Crippen molar-refractivity contribution in [1.29, 1.82) is 0 Å². The molecule has 1 aromatic carbocycles. The Bertz CT molecular complexity index is 682. The minimum absolute atomic E-state index is 0.0751. The maximum atomic E-state index is 14.2. The Morgan fingerprint density at radius 3 is 2.92 bits per heavy atom. The minimum atomic E-state index is -0.454. The summed E-state index contributed by atoms with van der Waals surface area (Å²) >= 11 is 0. The van der Waals surface area contributed by atoms with Crippen molar-refractivity contribution >= 4 is 11.6 Å². The van der Waals surface area contributed by atoms with E-state index in [1.165, 1.54) is 23.4 Å². The van der Waals surface area contributed by atoms with Gasteiger partial charge in [0.2, 0.25) is 5.91 Å². The van der Waals surface area contributed by atoms with E-state index in [9.17, 15) is 9.18 Å². The molecule has 2 heterocycles. The number of anilines is 1. The number of nitrogens with one attached hydrogen (secondary N) is 2. The summed E-state index contributed by atoms with van der Waals surface area (Å²) in [6.45, 7) is 4.15. The molecule has 1 amide bonds. The van der Waals surface area contributed by atoms with Crippen molar-refractivity contribution in [1.82, 2.24) is 20.1 Å². The molecular formula is C17H22FN5O. The van der Waals surface area contributed by atoms with Crippen LogP contribution in [-0.4, -0.2) is 33.8 Å². The number of hydrogen-bond donors (Lipinski definition) is 2. The Morgan fingerprint density at radius 2 is 2.25 bits per heavy atom. The van der Waals surface area contributed by atoms with Gasteiger partial charge in [-0.1, -0.05) is 6.92 Å². The summed E-state index contributed by atoms with van der Waals surface area (Å²) in [6.07, 6.45) is 5.44. The van der Waals surface area contributed by atoms with Crippen LogP contribution in [0.25, 0.3) is 5.69 Å². The molecule has 7 heteroatoms. The first-order chi connectivity index (χ1) is 11.6. The zero-order chi connectivity index (χ0) is 16.9. The molecule has 1 atom stereocenters. The lowest BCUT2D eigenvalue weighted by Crippen LogP contribution is -2.32. The molecule has 1 aromatic heterocycles. The van der Waals surface area contributed by atoms with Crippen molar-refractivity contribution in [3.05, 3.63) is 36.7 Å². The van der Waals surface area contributed by atoms with Gasteiger partial charge in [0.25, 0.3) is 0 Å². The van der Waals surface area contributed by atoms with Gasteiger partial charge in [0.15, 0.2) is 5.82 Å². The highest BCUT2D eigenvalue weighted by molar-refractivity contribution is 5.90. The van der Waals surface area contributed by atoms with E-state index in [1.54, 1.807) is 12.1 Å². The van der Waals surface area contributed by atoms with Gasteiger partial charge in [-0.05, 0) is 56.0 Å². The molecule has 0 spiro atoms. The number of benzene rings is 1. The molecule has 24 heavy (non-hydrogen) atoms. The van der Waals surface area contributed by atoms with Crippen LogP contribution in [0, 0.1) is 17.7 Å². The van der Waals surface area contributed by atoms with Crippen molar-refractivity contribution in [3.8, 4) is 5.69 Å². The summed E-state index contributed by atoms with van der Waals surface area (Å²) in [5.41, 5.74) is 0.757. The standard InChI is InChI=1S/C17H22FN5O/c1-12(13-4-6-19-7-5-13)8-17(24)22-14-2-3-16(15(18)9-14)23-11-20-10-21-23/h2-3,9-13,19H,4-8H2,1H3,(H,22,24). The highest BCUT2D eigenvalue weighted by atomic mass is 19.1. The fourth-order valence-electron chi connectivity index (χ4n) is 3.19. The molecule has 0 radical (unpaired) electrons. The molecule has 1 aliphatic heterocycles. The van der Waals surface area contributed by atoms with Gasteiger partial charge in [-0.15, -0.1) is 0 Å². The number of rotatable bonds is 5. The average molecular weight is 331 g/mol. The van der Waals surface area contributed by atoms with Crippen molar-refractivity contribution in [2.24, 2.45) is 11.8 Å². The van der Waals surface area contributed by atoms with Crippen molar-refractivity contribution in [3.63, 3.8) is 0 Å². The van der Waals surface area contributed by atoms with Crippen LogP contribution in [-0.2, 0) is 4.79 Å². The summed E-state index contributed by atoms with van der Waals surface area (Å²) < 4.78 is 15.5. The molecule has 2 N–H and O–H groups in total. The normalized spacial score (nSPS) is 16.8. The van der Waals surface area contributed by atoms with Gasteiger partial charge in [0.1, 0.15) is 18.3 Å². The molecule has 128 valence electrons. The first kappa shape index (κ1) is 16.6. The molecule has 1 saturated heterocycles. The largest absolute Gasteiger partial charge is 0.326 e. The fraction of sp³-hybridized carbons (Fsp3) is 0.471. The first-order valence-corrected chi connectivity index (χ1v) is 8.28. The molecule has 0 aliphatic carbocycles. The lowest BCUT2D eigenvalue weighted by atomic mass is 9.84. The van der Waals surface area contributed by atoms with E-state index in [4.69, 9.17) is 0 Å². The Balaban J connectivity index is 1.59. The summed E-state index contributed by atoms with van der Waals surface area (Å²) in [7, 11) is 0. The summed E-state index contributed by atoms with van der Waals surface area (Å²) in [4.78, 5) is 16.0. The molecule has 0 saturated carbocycles. The Labute approximate surface area is 140 Å². The molecule has 1 aliphatic rings. The number of hydrogen-bond acceptors (Lipinski definition) is 4. The second-order valence-electron chi connectivity index (χ2n) is 6.32. The van der Waals surface area contributed by atoms with E-state index in [-0.39, 0.29) is 5.91 Å². The smallest absolute Gasteiger partial charge is 0.224 e. The van der Waals surface area contributed by atoms with Gasteiger partial charge in [-0.3, -0.25) is 4.79 Å². The van der Waals surface area contributed by atoms with E-state index in [0.717, 1.165) is 25.9 Å². The molecular weight excluding hydrogens is 309 g/mol. The van der Waals surface area contributed by atoms with Crippen LogP contribution >= 0.6 is 0 Å². The number of nitrogens with zero attached hydrogens (tertiary/aromatic N) is 3. The lowest BCUT2D eigenvalue weighted by molar-refractivity contribution is -0.117. The molecule has 3 rings (SSSR count). The number of aromatic nitrogens is 3. The van der Waals surface area contributed by atoms with Crippen molar-refractivity contribution < 1.29 is 9.18 Å². The first-order valence-electron chi connectivity index (χ1n) is 8.28. The second-order valence-corrected chi connectivity index (χ2v) is 6.32. The van der Waals surface area contributed by atoms with E-state index in [1.807, 2.05) is 0 Å². The van der Waals surface area contributed by atoms with Gasteiger partial charge in [-0.25, -0.2) is 14.1 Å². The summed E-state index contributed by atoms with van der Waals surface area (Å²) in [5, 5.41) is 10.0. The number of halogens is 1. The topological polar surface area (TPSA) is 71.8 Å². The Morgan fingerprint density at radius 1 is 1.46 bits per heavy atom. The zero-order valence-corrected chi connectivity index (χ0v) is 13.7. The Kier molecular flexibility index (Phi) is 5.20. The third-order valence-electron chi connectivity index (χ3n) is 4.59. The Hall–Kier alpha value is -2.28. The predicted molar refractivity (Wildman–Crippen MR) is 89.3 cm³/mol. The number of amides is 1. The highest BCUT2D eigenvalue weighted by Gasteiger charge is 2.22. The lowest BCUT2D eigenvalue weighted by Gasteiger charge is -2.27. The number of carbonyl (C=O) groups is 1. The quantitative estimate of drug-likeness (QED) is 0.882. The van der Waals surface area contributed by atoms with E-state index < -0.39 is 5.82 Å². The second kappa shape index (κ2) is 7.53. The van der Waals surface area contributed by atoms with Crippen molar-refractivity contribution in [2.45, 2.75) is 26.2 Å². The van der Waals surface area contributed by atoms with Crippen LogP contribution in [0.4, 0.5) is 10.1 Å². The van der Waals surface area contributed by atoms with E-state index in [0.29, 0.717) is 29.6 Å². The third kappa shape index (κ3) is 3.97. The average Bonchev–Trinajstić information content (AvgIpc) is 3.10. The van der Waals surface area contributed by atoms with Gasteiger partial charge in [0.05, 0.1) is 0 Å². The maximum Gasteiger partial charge on any atom is 0.224 e. The van der Waals surface area contributed by atoms with Crippen molar-refractivity contribution in [2.75, 3.05) is 18.4 Å². The minimum Gasteiger partial charge on any atom is -0.326 e. The monoisotopic (exact) mass is 331 g/mol. The summed E-state index contributed by atoms with van der Waals surface area (Å²) in [6, 6.07) is 4.56. The van der Waals surface area contributed by atoms with Crippen LogP contribution < -0.4 is 10.6 Å². The number of carbonyl (C=O) groups excluding carboxylic acids is 1. The molecule has 6 nitrogen and oxygen atoms in total. The SMILES string of the molecule is CC(CC(=O)Nc1ccc(-n2cncn2)c(F)c1)C1CCNCC1. The van der Waals surface area contributed by atoms with Crippen LogP contribution in [0.5, 0.6) is 0 Å². The van der Waals surface area contributed by atoms with Crippen LogP contribution in [0.3, 0.4) is 0 Å². The van der Waals surface area contributed by atoms with Gasteiger partial charge in [0, 0.05) is 12.1 Å². The van der Waals surface area contributed by atoms with Gasteiger partial charge >= 0.3 is 0 Å². The maximum absolute atomic E-state index is 14.2. The van der Waals surface area contributed by atoms with Crippen LogP contribution in [0.1, 0.15) is 26.2 Å². The van der Waals surface area contributed by atoms with Gasteiger partial charge < -0.3 is 10.6 Å². The summed E-state index contributed by atoms with van der Waals surface area (Å²) in [5.74, 6) is 0.369. The van der Waals surface area contributed by atoms with Crippen LogP contribution in [0.2, 0.25) is 0 Å². The van der Waals surface area contributed by atoms with Gasteiger partial charge in [-0.2, -0.15) is 5.10 Å². The van der Waals surface area contributed by atoms with Crippen LogP contribution in [0.15, 0.2) is 30.9 Å². The fourth-order valence-corrected chi connectivity index (χ4v) is 3.19. The number of piperidine rings is 1. The molecule has 1 fully saturated rings. The molecule has 2 aromatic rings.